The molecule has 5 aliphatic rings. The highest BCUT2D eigenvalue weighted by Crippen LogP contribution is 2.38. The van der Waals surface area contributed by atoms with Crippen molar-refractivity contribution in [3.05, 3.63) is 60.2 Å². The van der Waals surface area contributed by atoms with E-state index in [1.807, 2.05) is 17.0 Å². The quantitative estimate of drug-likeness (QED) is 0.0959. The molecule has 2 aromatic heterocycles. The third kappa shape index (κ3) is 13.7. The molecule has 5 fully saturated rings. The Morgan fingerprint density at radius 2 is 1.61 bits per heavy atom. The van der Waals surface area contributed by atoms with Crippen molar-refractivity contribution in [2.75, 3.05) is 58.9 Å². The summed E-state index contributed by atoms with van der Waals surface area (Å²) in [5.74, 6) is -0.108. The van der Waals surface area contributed by atoms with Crippen LogP contribution in [0.1, 0.15) is 121 Å². The van der Waals surface area contributed by atoms with Gasteiger partial charge in [0.2, 0.25) is 29.5 Å². The lowest BCUT2D eigenvalue weighted by Gasteiger charge is -2.45. The second kappa shape index (κ2) is 24.9. The van der Waals surface area contributed by atoms with Crippen LogP contribution in [-0.4, -0.2) is 149 Å². The van der Waals surface area contributed by atoms with E-state index in [-0.39, 0.29) is 89.7 Å². The van der Waals surface area contributed by atoms with Crippen molar-refractivity contribution in [2.45, 2.75) is 152 Å². The average Bonchev–Trinajstić information content (AvgIpc) is 3.91. The molecule has 1 unspecified atom stereocenters. The van der Waals surface area contributed by atoms with Crippen molar-refractivity contribution >= 4 is 46.3 Å². The van der Waals surface area contributed by atoms with Crippen molar-refractivity contribution in [2.24, 2.45) is 23.7 Å². The molecule has 6 atom stereocenters. The van der Waals surface area contributed by atoms with Gasteiger partial charge in [0.05, 0.1) is 48.3 Å². The highest BCUT2D eigenvalue weighted by Gasteiger charge is 2.45. The smallest absolute Gasteiger partial charge is 0.381 e. The van der Waals surface area contributed by atoms with E-state index in [1.54, 1.807) is 24.3 Å². The van der Waals surface area contributed by atoms with E-state index in [0.29, 0.717) is 108 Å². The maximum Gasteiger partial charge on any atom is 0.416 e. The van der Waals surface area contributed by atoms with Gasteiger partial charge in [-0.3, -0.25) is 29.0 Å². The molecular formula is C54H75F3N10O7. The summed E-state index contributed by atoms with van der Waals surface area (Å²) in [5, 5.41) is 12.8. The van der Waals surface area contributed by atoms with Gasteiger partial charge in [-0.15, -0.1) is 0 Å². The summed E-state index contributed by atoms with van der Waals surface area (Å²) in [4.78, 5) is 84.9. The Morgan fingerprint density at radius 1 is 0.878 bits per heavy atom. The highest BCUT2D eigenvalue weighted by atomic mass is 19.4. The standard InChI is InChI=1S/C54H75F3N10O7/c1-33(2)65(3)40-16-18-46(67-23-19-44(53(67)72)63-50-41-26-38(54(55,56)57)13-17-43(41)60-32-61-50)45(27-40)64-51(70)36-11-14-39(15-12-36)62-47(68)20-24-73-30-34-7-9-35(10-8-34)31-74-25-22-59-52(71)42-28-48(69)66(4)49(42)37-6-5-21-58-29-37/h5-6,13,17,21,26,29,32-36,39-40,42,44-46,49H,7-12,14-16,18-20,22-25,27-28,30-31H2,1-4H3,(H,59,71)(H,62,68)(H,64,70)(H,60,61,63)/t34?,35?,36?,39?,40-,42+,44+,45-,46?,49-/m1/s1. The minimum atomic E-state index is -4.55. The first kappa shape index (κ1) is 54.8. The number of fused-ring (bicyclic) bond motifs is 1. The number of nitrogens with one attached hydrogen (secondary N) is 4. The number of carbonyl (C=O) groups is 5. The number of nitrogens with zero attached hydrogens (tertiary/aromatic N) is 6. The first-order valence-electron chi connectivity index (χ1n) is 26.8. The summed E-state index contributed by atoms with van der Waals surface area (Å²) >= 11 is 0. The summed E-state index contributed by atoms with van der Waals surface area (Å²) in [7, 11) is 3.82. The van der Waals surface area contributed by atoms with Crippen LogP contribution >= 0.6 is 0 Å². The molecule has 3 aromatic rings. The first-order valence-corrected chi connectivity index (χ1v) is 26.8. The van der Waals surface area contributed by atoms with Gasteiger partial charge in [0, 0.05) is 88.0 Å². The first-order chi connectivity index (χ1) is 35.5. The van der Waals surface area contributed by atoms with Gasteiger partial charge < -0.3 is 45.4 Å². The zero-order chi connectivity index (χ0) is 52.5. The number of halogens is 3. The summed E-state index contributed by atoms with van der Waals surface area (Å²) < 4.78 is 52.8. The van der Waals surface area contributed by atoms with Gasteiger partial charge in [-0.1, -0.05) is 6.07 Å². The van der Waals surface area contributed by atoms with Crippen molar-refractivity contribution in [1.29, 1.82) is 0 Å². The number of hydrogen-bond acceptors (Lipinski definition) is 12. The van der Waals surface area contributed by atoms with Crippen LogP contribution in [-0.2, 0) is 39.6 Å². The number of hydrogen-bond donors (Lipinski definition) is 4. The Kier molecular flexibility index (Phi) is 18.4. The zero-order valence-electron chi connectivity index (χ0n) is 43.3. The number of aromatic nitrogens is 3. The second-order valence-corrected chi connectivity index (χ2v) is 21.6. The molecule has 4 heterocycles. The van der Waals surface area contributed by atoms with E-state index in [2.05, 4.69) is 62.0 Å². The fourth-order valence-electron chi connectivity index (χ4n) is 11.9. The van der Waals surface area contributed by atoms with Crippen molar-refractivity contribution < 1.29 is 46.6 Å². The lowest BCUT2D eigenvalue weighted by Crippen LogP contribution is -2.59. The van der Waals surface area contributed by atoms with E-state index in [9.17, 15) is 37.1 Å². The van der Waals surface area contributed by atoms with Crippen LogP contribution in [0.5, 0.6) is 0 Å². The normalized spacial score (nSPS) is 27.7. The van der Waals surface area contributed by atoms with Crippen LogP contribution in [0.4, 0.5) is 19.0 Å². The van der Waals surface area contributed by atoms with Crippen LogP contribution in [0.15, 0.2) is 49.1 Å². The Balaban J connectivity index is 0.714. The zero-order valence-corrected chi connectivity index (χ0v) is 43.3. The van der Waals surface area contributed by atoms with Crippen molar-refractivity contribution in [1.82, 2.24) is 45.6 Å². The van der Waals surface area contributed by atoms with Crippen molar-refractivity contribution in [3.63, 3.8) is 0 Å². The number of amides is 5. The second-order valence-electron chi connectivity index (χ2n) is 21.6. The molecule has 74 heavy (non-hydrogen) atoms. The molecule has 4 N–H and O–H groups in total. The summed E-state index contributed by atoms with van der Waals surface area (Å²) in [6, 6.07) is 5.93. The minimum Gasteiger partial charge on any atom is -0.381 e. The van der Waals surface area contributed by atoms with Gasteiger partial charge in [0.1, 0.15) is 18.2 Å². The number of benzene rings is 1. The molecule has 0 spiro atoms. The van der Waals surface area contributed by atoms with Gasteiger partial charge in [-0.05, 0) is 140 Å². The number of carbonyl (C=O) groups excluding carboxylic acids is 5. The van der Waals surface area contributed by atoms with Crippen molar-refractivity contribution in [3.8, 4) is 0 Å². The fourth-order valence-corrected chi connectivity index (χ4v) is 11.9. The fraction of sp³-hybridized carbons (Fsp3) is 0.667. The molecule has 0 radical (unpaired) electrons. The number of anilines is 1. The van der Waals surface area contributed by atoms with Gasteiger partial charge >= 0.3 is 6.18 Å². The van der Waals surface area contributed by atoms with Gasteiger partial charge in [-0.25, -0.2) is 9.97 Å². The molecule has 3 aliphatic carbocycles. The van der Waals surface area contributed by atoms with Gasteiger partial charge in [-0.2, -0.15) is 13.2 Å². The lowest BCUT2D eigenvalue weighted by atomic mass is 9.82. The van der Waals surface area contributed by atoms with Gasteiger partial charge in [0.25, 0.3) is 0 Å². The SMILES string of the molecule is CC(C)N(C)[C@@H]1CCC(N2CC[C@H](Nc3ncnc4ccc(C(F)(F)F)cc34)C2=O)[C@H](NC(=O)C2CCC(NC(=O)CCOCC3CCC(COCCNC(=O)[C@H]4CC(=O)N(C)[C@@H]4c4cccnc4)CC3)CC2)C1. The molecule has 2 aliphatic heterocycles. The predicted octanol–water partition coefficient (Wildman–Crippen LogP) is 6.04. The van der Waals surface area contributed by atoms with Crippen LogP contribution in [0.3, 0.4) is 0 Å². The molecule has 0 bridgehead atoms. The van der Waals surface area contributed by atoms with Crippen LogP contribution in [0.2, 0.25) is 0 Å². The molecule has 3 saturated carbocycles. The number of pyridine rings is 1. The lowest BCUT2D eigenvalue weighted by molar-refractivity contribution is -0.137. The third-order valence-electron chi connectivity index (χ3n) is 16.5. The Morgan fingerprint density at radius 3 is 2.30 bits per heavy atom. The predicted molar refractivity (Wildman–Crippen MR) is 271 cm³/mol. The highest BCUT2D eigenvalue weighted by molar-refractivity contribution is 5.93. The average molecular weight is 1030 g/mol. The van der Waals surface area contributed by atoms with E-state index in [1.165, 1.54) is 12.4 Å². The van der Waals surface area contributed by atoms with E-state index in [4.69, 9.17) is 9.47 Å². The molecule has 2 saturated heterocycles. The molecule has 5 amide bonds. The van der Waals surface area contributed by atoms with Crippen LogP contribution in [0.25, 0.3) is 10.9 Å². The molecule has 404 valence electrons. The van der Waals surface area contributed by atoms with E-state index in [0.717, 1.165) is 49.8 Å². The largest absolute Gasteiger partial charge is 0.416 e. The maximum absolute atomic E-state index is 14.1. The monoisotopic (exact) mass is 1030 g/mol. The number of rotatable bonds is 20. The van der Waals surface area contributed by atoms with Gasteiger partial charge in [0.15, 0.2) is 0 Å². The van der Waals surface area contributed by atoms with Crippen LogP contribution in [0, 0.1) is 23.7 Å². The van der Waals surface area contributed by atoms with E-state index >= 15 is 0 Å². The number of alkyl halides is 3. The molecular weight excluding hydrogens is 958 g/mol. The summed E-state index contributed by atoms with van der Waals surface area (Å²) in [5.41, 5.74) is 0.362. The Hall–Kier alpha value is -5.47. The Labute approximate surface area is 432 Å². The Bertz CT molecular complexity index is 2400. The van der Waals surface area contributed by atoms with E-state index < -0.39 is 23.7 Å². The summed E-state index contributed by atoms with van der Waals surface area (Å²) in [6.45, 7) is 7.10. The molecule has 20 heteroatoms. The summed E-state index contributed by atoms with van der Waals surface area (Å²) in [6.07, 6.45) is 9.97. The third-order valence-corrected chi connectivity index (χ3v) is 16.5. The minimum absolute atomic E-state index is 0.0183. The topological polar surface area (TPSA) is 200 Å². The molecule has 8 rings (SSSR count). The van der Waals surface area contributed by atoms with Crippen LogP contribution < -0.4 is 21.3 Å². The molecule has 17 nitrogen and oxygen atoms in total. The number of likely N-dealkylation sites (tertiary alicyclic amines) is 2. The number of ether oxygens (including phenoxy) is 2. The maximum atomic E-state index is 14.1. The molecule has 1 aromatic carbocycles.